The van der Waals surface area contributed by atoms with Crippen LogP contribution in [0.15, 0.2) is 5.38 Å². The summed E-state index contributed by atoms with van der Waals surface area (Å²) in [4.78, 5) is 10.5. The fourth-order valence-electron chi connectivity index (χ4n) is 1.85. The number of aryl methyl sites for hydroxylation is 2. The average molecular weight is 295 g/mol. The Morgan fingerprint density at radius 3 is 2.68 bits per heavy atom. The van der Waals surface area contributed by atoms with Crippen molar-refractivity contribution < 1.29 is 0 Å². The summed E-state index contributed by atoms with van der Waals surface area (Å²) in [7, 11) is 0. The molecule has 0 aliphatic rings. The summed E-state index contributed by atoms with van der Waals surface area (Å²) in [6.45, 7) is 10.6. The van der Waals surface area contributed by atoms with Crippen LogP contribution in [0.2, 0.25) is 0 Å². The molecule has 5 heteroatoms. The molecule has 2 rings (SSSR count). The Balaban J connectivity index is 1.96. The molecule has 19 heavy (non-hydrogen) atoms. The molecule has 0 fully saturated rings. The van der Waals surface area contributed by atoms with Gasteiger partial charge in [0.05, 0.1) is 21.4 Å². The average Bonchev–Trinajstić information content (AvgIpc) is 2.86. The third-order valence-corrected chi connectivity index (χ3v) is 4.75. The first-order valence-electron chi connectivity index (χ1n) is 6.61. The first-order valence-corrected chi connectivity index (χ1v) is 8.31. The minimum absolute atomic E-state index is 0.686. The fraction of sp³-hybridized carbons (Fsp3) is 0.571. The quantitative estimate of drug-likeness (QED) is 0.885. The molecule has 0 radical (unpaired) electrons. The maximum atomic E-state index is 4.66. The molecule has 104 valence electrons. The van der Waals surface area contributed by atoms with Gasteiger partial charge in [-0.15, -0.1) is 22.7 Å². The molecule has 0 saturated carbocycles. The van der Waals surface area contributed by atoms with Crippen molar-refractivity contribution in [3.05, 3.63) is 31.7 Å². The van der Waals surface area contributed by atoms with Crippen molar-refractivity contribution in [3.8, 4) is 0 Å². The lowest BCUT2D eigenvalue weighted by Gasteiger charge is -2.05. The molecule has 0 unspecified atom stereocenters. The highest BCUT2D eigenvalue weighted by Gasteiger charge is 2.09. The molecule has 2 heterocycles. The van der Waals surface area contributed by atoms with Crippen molar-refractivity contribution in [1.29, 1.82) is 0 Å². The summed E-state index contributed by atoms with van der Waals surface area (Å²) in [6, 6.07) is 0. The molecule has 2 aromatic heterocycles. The molecule has 0 atom stereocenters. The van der Waals surface area contributed by atoms with E-state index in [1.807, 2.05) is 6.92 Å². The van der Waals surface area contributed by atoms with Crippen molar-refractivity contribution in [2.24, 2.45) is 5.92 Å². The Hall–Kier alpha value is -0.780. The Morgan fingerprint density at radius 1 is 1.26 bits per heavy atom. The predicted molar refractivity (Wildman–Crippen MR) is 83.1 cm³/mol. The van der Waals surface area contributed by atoms with E-state index >= 15 is 0 Å². The van der Waals surface area contributed by atoms with Gasteiger partial charge in [-0.05, 0) is 26.3 Å². The van der Waals surface area contributed by atoms with Crippen molar-refractivity contribution in [3.63, 3.8) is 0 Å². The van der Waals surface area contributed by atoms with Gasteiger partial charge in [-0.3, -0.25) is 0 Å². The third-order valence-electron chi connectivity index (χ3n) is 2.77. The van der Waals surface area contributed by atoms with Gasteiger partial charge in [0.25, 0.3) is 0 Å². The molecule has 0 saturated heterocycles. The van der Waals surface area contributed by atoms with Crippen LogP contribution in [0, 0.1) is 19.8 Å². The highest BCUT2D eigenvalue weighted by Crippen LogP contribution is 2.21. The van der Waals surface area contributed by atoms with E-state index in [2.05, 4.69) is 41.4 Å². The van der Waals surface area contributed by atoms with Crippen LogP contribution < -0.4 is 5.32 Å². The van der Waals surface area contributed by atoms with E-state index < -0.39 is 0 Å². The van der Waals surface area contributed by atoms with E-state index in [0.29, 0.717) is 5.92 Å². The molecule has 0 spiro atoms. The molecule has 0 bridgehead atoms. The van der Waals surface area contributed by atoms with Crippen molar-refractivity contribution >= 4 is 22.7 Å². The first kappa shape index (κ1) is 14.6. The maximum Gasteiger partial charge on any atom is 0.0991 e. The molecule has 0 aliphatic heterocycles. The number of aromatic nitrogens is 2. The number of nitrogens with one attached hydrogen (secondary N) is 1. The maximum absolute atomic E-state index is 4.66. The molecule has 2 aromatic rings. The van der Waals surface area contributed by atoms with Crippen molar-refractivity contribution in [2.75, 3.05) is 6.54 Å². The standard InChI is InChI=1S/C14H21N3S2/c1-9(2)6-15-7-13-10(3)16-14(19-13)5-12-8-18-11(4)17-12/h8-9,15H,5-7H2,1-4H3. The fourth-order valence-corrected chi connectivity index (χ4v) is 3.51. The van der Waals surface area contributed by atoms with Gasteiger partial charge in [-0.25, -0.2) is 9.97 Å². The number of thiazole rings is 2. The summed E-state index contributed by atoms with van der Waals surface area (Å²) < 4.78 is 0. The second-order valence-electron chi connectivity index (χ2n) is 5.18. The predicted octanol–water partition coefficient (Wildman–Crippen LogP) is 3.55. The summed E-state index contributed by atoms with van der Waals surface area (Å²) >= 11 is 3.51. The number of nitrogens with zero attached hydrogens (tertiary/aromatic N) is 2. The SMILES string of the molecule is Cc1nc(Cc2nc(C)c(CNCC(C)C)s2)cs1. The van der Waals surface area contributed by atoms with Gasteiger partial charge < -0.3 is 5.32 Å². The Bertz CT molecular complexity index is 529. The lowest BCUT2D eigenvalue weighted by atomic mass is 10.2. The van der Waals surface area contributed by atoms with Crippen LogP contribution in [0.5, 0.6) is 0 Å². The number of hydrogen-bond acceptors (Lipinski definition) is 5. The van der Waals surface area contributed by atoms with Crippen molar-refractivity contribution in [1.82, 2.24) is 15.3 Å². The van der Waals surface area contributed by atoms with E-state index in [-0.39, 0.29) is 0 Å². The van der Waals surface area contributed by atoms with Crippen LogP contribution in [0.25, 0.3) is 0 Å². The lowest BCUT2D eigenvalue weighted by molar-refractivity contribution is 0.554. The van der Waals surface area contributed by atoms with E-state index in [1.54, 1.807) is 22.7 Å². The minimum Gasteiger partial charge on any atom is -0.312 e. The van der Waals surface area contributed by atoms with Gasteiger partial charge in [0, 0.05) is 23.2 Å². The molecular formula is C14H21N3S2. The molecule has 0 aliphatic carbocycles. The van der Waals surface area contributed by atoms with Gasteiger partial charge in [0.2, 0.25) is 0 Å². The van der Waals surface area contributed by atoms with Gasteiger partial charge in [-0.1, -0.05) is 13.8 Å². The zero-order chi connectivity index (χ0) is 13.8. The van der Waals surface area contributed by atoms with Crippen LogP contribution in [-0.2, 0) is 13.0 Å². The summed E-state index contributed by atoms with van der Waals surface area (Å²) in [5, 5.41) is 7.91. The van der Waals surface area contributed by atoms with E-state index in [4.69, 9.17) is 0 Å². The zero-order valence-corrected chi connectivity index (χ0v) is 13.6. The van der Waals surface area contributed by atoms with Crippen LogP contribution in [0.4, 0.5) is 0 Å². The largest absolute Gasteiger partial charge is 0.312 e. The van der Waals surface area contributed by atoms with Crippen LogP contribution in [0.3, 0.4) is 0 Å². The molecule has 0 amide bonds. The van der Waals surface area contributed by atoms with Gasteiger partial charge in [-0.2, -0.15) is 0 Å². The van der Waals surface area contributed by atoms with Crippen LogP contribution in [0.1, 0.15) is 40.1 Å². The highest BCUT2D eigenvalue weighted by molar-refractivity contribution is 7.11. The van der Waals surface area contributed by atoms with Gasteiger partial charge >= 0.3 is 0 Å². The van der Waals surface area contributed by atoms with Gasteiger partial charge in [0.15, 0.2) is 0 Å². The smallest absolute Gasteiger partial charge is 0.0991 e. The molecule has 0 aromatic carbocycles. The third kappa shape index (κ3) is 4.37. The first-order chi connectivity index (χ1) is 9.04. The summed E-state index contributed by atoms with van der Waals surface area (Å²) in [5.74, 6) is 0.686. The summed E-state index contributed by atoms with van der Waals surface area (Å²) in [5.41, 5.74) is 2.29. The zero-order valence-electron chi connectivity index (χ0n) is 12.0. The Kier molecular flexibility index (Phi) is 5.07. The molecular weight excluding hydrogens is 274 g/mol. The second-order valence-corrected chi connectivity index (χ2v) is 7.41. The highest BCUT2D eigenvalue weighted by atomic mass is 32.1. The summed E-state index contributed by atoms with van der Waals surface area (Å²) in [6.07, 6.45) is 0.861. The van der Waals surface area contributed by atoms with E-state index in [0.717, 1.165) is 35.9 Å². The second kappa shape index (κ2) is 6.59. The number of hydrogen-bond donors (Lipinski definition) is 1. The van der Waals surface area contributed by atoms with E-state index in [1.165, 1.54) is 9.88 Å². The lowest BCUT2D eigenvalue weighted by Crippen LogP contribution is -2.18. The van der Waals surface area contributed by atoms with Crippen LogP contribution in [-0.4, -0.2) is 16.5 Å². The van der Waals surface area contributed by atoms with Gasteiger partial charge in [0.1, 0.15) is 0 Å². The van der Waals surface area contributed by atoms with E-state index in [9.17, 15) is 0 Å². The normalized spacial score (nSPS) is 11.4. The molecule has 3 nitrogen and oxygen atoms in total. The Labute approximate surface area is 123 Å². The Morgan fingerprint density at radius 2 is 2.05 bits per heavy atom. The molecule has 1 N–H and O–H groups in total. The number of rotatable bonds is 6. The minimum atomic E-state index is 0.686. The monoisotopic (exact) mass is 295 g/mol. The van der Waals surface area contributed by atoms with Crippen LogP contribution >= 0.6 is 22.7 Å². The van der Waals surface area contributed by atoms with Crippen molar-refractivity contribution in [2.45, 2.75) is 40.7 Å². The topological polar surface area (TPSA) is 37.8 Å².